The van der Waals surface area contributed by atoms with Gasteiger partial charge in [-0.15, -0.1) is 0 Å². The number of rotatable bonds is 1. The number of nitrogens with two attached hydrogens (primary N) is 2. The highest BCUT2D eigenvalue weighted by atomic mass is 19.4. The van der Waals surface area contributed by atoms with Crippen LogP contribution in [0.3, 0.4) is 0 Å². The summed E-state index contributed by atoms with van der Waals surface area (Å²) in [7, 11) is 0. The normalized spacial score (nSPS) is 11.7. The van der Waals surface area contributed by atoms with Crippen molar-refractivity contribution in [3.05, 3.63) is 29.3 Å². The Morgan fingerprint density at radius 1 is 1.23 bits per heavy atom. The minimum absolute atomic E-state index is 0.00968. The summed E-state index contributed by atoms with van der Waals surface area (Å²) in [5.74, 6) is 0. The summed E-state index contributed by atoms with van der Waals surface area (Å²) in [4.78, 5) is 0. The standard InChI is InChI=1S/C8H9F3N2/c9-8(10,11)6-3-1-2-5(4-12)7(6)13/h1-3H,4,12-13H2. The number of benzene rings is 1. The first-order chi connectivity index (χ1) is 5.96. The van der Waals surface area contributed by atoms with Crippen LogP contribution in [-0.2, 0) is 12.7 Å². The highest BCUT2D eigenvalue weighted by Crippen LogP contribution is 2.34. The van der Waals surface area contributed by atoms with Gasteiger partial charge in [0.2, 0.25) is 0 Å². The maximum atomic E-state index is 12.2. The third-order valence-corrected chi connectivity index (χ3v) is 1.72. The van der Waals surface area contributed by atoms with Crippen molar-refractivity contribution < 1.29 is 13.2 Å². The Morgan fingerprint density at radius 2 is 1.85 bits per heavy atom. The molecule has 0 aliphatic rings. The van der Waals surface area contributed by atoms with Crippen LogP contribution in [0.25, 0.3) is 0 Å². The second-order valence-electron chi connectivity index (χ2n) is 2.58. The average molecular weight is 190 g/mol. The van der Waals surface area contributed by atoms with Gasteiger partial charge < -0.3 is 11.5 Å². The van der Waals surface area contributed by atoms with Gasteiger partial charge >= 0.3 is 6.18 Å². The van der Waals surface area contributed by atoms with Gasteiger partial charge in [0, 0.05) is 12.2 Å². The van der Waals surface area contributed by atoms with Crippen molar-refractivity contribution >= 4 is 5.69 Å². The van der Waals surface area contributed by atoms with Crippen molar-refractivity contribution in [1.82, 2.24) is 0 Å². The summed E-state index contributed by atoms with van der Waals surface area (Å²) in [5.41, 5.74) is 9.71. The topological polar surface area (TPSA) is 52.0 Å². The summed E-state index contributed by atoms with van der Waals surface area (Å²) >= 11 is 0. The zero-order valence-electron chi connectivity index (χ0n) is 6.73. The molecule has 0 aromatic heterocycles. The Kier molecular flexibility index (Phi) is 2.47. The SMILES string of the molecule is NCc1cccc(C(F)(F)F)c1N. The predicted octanol–water partition coefficient (Wildman–Crippen LogP) is 1.75. The third-order valence-electron chi connectivity index (χ3n) is 1.72. The number of nitrogen functional groups attached to an aromatic ring is 1. The molecular formula is C8H9F3N2. The number of hydrogen-bond acceptors (Lipinski definition) is 2. The Bertz CT molecular complexity index is 307. The van der Waals surface area contributed by atoms with Crippen molar-refractivity contribution in [2.45, 2.75) is 12.7 Å². The van der Waals surface area contributed by atoms with Crippen molar-refractivity contribution in [2.24, 2.45) is 5.73 Å². The van der Waals surface area contributed by atoms with E-state index in [2.05, 4.69) is 0 Å². The second kappa shape index (κ2) is 3.26. The third kappa shape index (κ3) is 1.92. The largest absolute Gasteiger partial charge is 0.418 e. The maximum absolute atomic E-state index is 12.2. The lowest BCUT2D eigenvalue weighted by Gasteiger charge is -2.12. The Labute approximate surface area is 73.3 Å². The minimum Gasteiger partial charge on any atom is -0.398 e. The molecule has 0 spiro atoms. The quantitative estimate of drug-likeness (QED) is 0.663. The van der Waals surface area contributed by atoms with Crippen LogP contribution in [-0.4, -0.2) is 0 Å². The smallest absolute Gasteiger partial charge is 0.398 e. The lowest BCUT2D eigenvalue weighted by Crippen LogP contribution is -2.12. The monoisotopic (exact) mass is 190 g/mol. The van der Waals surface area contributed by atoms with Crippen LogP contribution >= 0.6 is 0 Å². The highest BCUT2D eigenvalue weighted by molar-refractivity contribution is 5.54. The van der Waals surface area contributed by atoms with Gasteiger partial charge in [-0.1, -0.05) is 12.1 Å². The molecule has 0 atom stereocenters. The van der Waals surface area contributed by atoms with Crippen molar-refractivity contribution in [3.8, 4) is 0 Å². The number of hydrogen-bond donors (Lipinski definition) is 2. The minimum atomic E-state index is -4.41. The summed E-state index contributed by atoms with van der Waals surface area (Å²) in [6.07, 6.45) is -4.41. The molecule has 0 aliphatic carbocycles. The van der Waals surface area contributed by atoms with Gasteiger partial charge in [0.15, 0.2) is 0 Å². The zero-order valence-corrected chi connectivity index (χ0v) is 6.73. The summed E-state index contributed by atoms with van der Waals surface area (Å²) in [5, 5.41) is 0. The van der Waals surface area contributed by atoms with Crippen LogP contribution in [0.5, 0.6) is 0 Å². The van der Waals surface area contributed by atoms with Gasteiger partial charge in [-0.2, -0.15) is 13.2 Å². The van der Waals surface area contributed by atoms with Gasteiger partial charge in [0.25, 0.3) is 0 Å². The van der Waals surface area contributed by atoms with E-state index in [-0.39, 0.29) is 12.2 Å². The molecule has 2 nitrogen and oxygen atoms in total. The van der Waals surface area contributed by atoms with E-state index in [1.54, 1.807) is 0 Å². The molecule has 1 aromatic rings. The molecule has 0 bridgehead atoms. The molecule has 0 saturated carbocycles. The molecule has 0 aliphatic heterocycles. The fourth-order valence-electron chi connectivity index (χ4n) is 1.04. The maximum Gasteiger partial charge on any atom is 0.418 e. The van der Waals surface area contributed by atoms with Crippen LogP contribution in [0.1, 0.15) is 11.1 Å². The number of para-hydroxylation sites is 1. The van der Waals surface area contributed by atoms with Crippen molar-refractivity contribution in [1.29, 1.82) is 0 Å². The van der Waals surface area contributed by atoms with Gasteiger partial charge in [-0.05, 0) is 11.6 Å². The summed E-state index contributed by atoms with van der Waals surface area (Å²) in [6.45, 7) is 0.00968. The molecule has 0 fully saturated rings. The van der Waals surface area contributed by atoms with Gasteiger partial charge in [0.05, 0.1) is 5.56 Å². The Balaban J connectivity index is 3.24. The van der Waals surface area contributed by atoms with Crippen LogP contribution in [0.2, 0.25) is 0 Å². The fraction of sp³-hybridized carbons (Fsp3) is 0.250. The van der Waals surface area contributed by atoms with Crippen LogP contribution in [0.15, 0.2) is 18.2 Å². The van der Waals surface area contributed by atoms with E-state index in [1.165, 1.54) is 12.1 Å². The van der Waals surface area contributed by atoms with E-state index in [4.69, 9.17) is 11.5 Å². The van der Waals surface area contributed by atoms with E-state index < -0.39 is 11.7 Å². The fourth-order valence-corrected chi connectivity index (χ4v) is 1.04. The molecule has 5 heteroatoms. The molecule has 13 heavy (non-hydrogen) atoms. The van der Waals surface area contributed by atoms with E-state index in [9.17, 15) is 13.2 Å². The average Bonchev–Trinajstić information content (AvgIpc) is 2.02. The predicted molar refractivity (Wildman–Crippen MR) is 43.7 cm³/mol. The van der Waals surface area contributed by atoms with E-state index in [0.29, 0.717) is 5.56 Å². The number of anilines is 1. The van der Waals surface area contributed by atoms with E-state index >= 15 is 0 Å². The Morgan fingerprint density at radius 3 is 2.31 bits per heavy atom. The van der Waals surface area contributed by atoms with Crippen LogP contribution in [0.4, 0.5) is 18.9 Å². The molecule has 4 N–H and O–H groups in total. The number of halogens is 3. The van der Waals surface area contributed by atoms with Gasteiger partial charge in [0.1, 0.15) is 0 Å². The molecule has 1 rings (SSSR count). The summed E-state index contributed by atoms with van der Waals surface area (Å²) < 4.78 is 36.7. The molecule has 0 amide bonds. The number of alkyl halides is 3. The van der Waals surface area contributed by atoms with E-state index in [0.717, 1.165) is 6.07 Å². The molecule has 0 heterocycles. The molecule has 0 saturated heterocycles. The van der Waals surface area contributed by atoms with Gasteiger partial charge in [-0.25, -0.2) is 0 Å². The Hall–Kier alpha value is -1.23. The lowest BCUT2D eigenvalue weighted by molar-refractivity contribution is -0.136. The zero-order chi connectivity index (χ0) is 10.1. The van der Waals surface area contributed by atoms with Crippen molar-refractivity contribution in [3.63, 3.8) is 0 Å². The molecular weight excluding hydrogens is 181 g/mol. The molecule has 0 radical (unpaired) electrons. The molecule has 72 valence electrons. The first-order valence-electron chi connectivity index (χ1n) is 3.61. The first kappa shape index (κ1) is 9.85. The highest BCUT2D eigenvalue weighted by Gasteiger charge is 2.33. The lowest BCUT2D eigenvalue weighted by atomic mass is 10.1. The van der Waals surface area contributed by atoms with E-state index in [1.807, 2.05) is 0 Å². The molecule has 1 aromatic carbocycles. The van der Waals surface area contributed by atoms with Crippen molar-refractivity contribution in [2.75, 3.05) is 5.73 Å². The van der Waals surface area contributed by atoms with Gasteiger partial charge in [-0.3, -0.25) is 0 Å². The van der Waals surface area contributed by atoms with Crippen LogP contribution in [0, 0.1) is 0 Å². The molecule has 0 unspecified atom stereocenters. The first-order valence-corrected chi connectivity index (χ1v) is 3.61. The summed E-state index contributed by atoms with van der Waals surface area (Å²) in [6, 6.07) is 3.71. The van der Waals surface area contributed by atoms with Crippen LogP contribution < -0.4 is 11.5 Å². The second-order valence-corrected chi connectivity index (χ2v) is 2.58.